The van der Waals surface area contributed by atoms with Gasteiger partial charge in [-0.2, -0.15) is 0 Å². The van der Waals surface area contributed by atoms with E-state index in [0.717, 1.165) is 16.5 Å². The number of benzene rings is 2. The van der Waals surface area contributed by atoms with E-state index in [4.69, 9.17) is 34.3 Å². The van der Waals surface area contributed by atoms with Crippen molar-refractivity contribution in [1.82, 2.24) is 0 Å². The molecule has 0 fully saturated rings. The number of ether oxygens (including phenoxy) is 1. The molecule has 0 aliphatic heterocycles. The van der Waals surface area contributed by atoms with E-state index < -0.39 is 0 Å². The molecule has 82 valence electrons. The zero-order valence-electron chi connectivity index (χ0n) is 8.44. The molecule has 0 aliphatic carbocycles. The summed E-state index contributed by atoms with van der Waals surface area (Å²) in [5.74, 6) is 0.743. The molecule has 16 heavy (non-hydrogen) atoms. The Morgan fingerprint density at radius 1 is 1.19 bits per heavy atom. The van der Waals surface area contributed by atoms with E-state index in [0.29, 0.717) is 10.0 Å². The van der Waals surface area contributed by atoms with Crippen LogP contribution in [-0.2, 0) is 0 Å². The SMILES string of the molecule is NC(=S)COc1ccc(Cl)c2ccccc12. The maximum absolute atomic E-state index is 6.09. The van der Waals surface area contributed by atoms with Crippen LogP contribution in [0.15, 0.2) is 36.4 Å². The lowest BCUT2D eigenvalue weighted by molar-refractivity contribution is 0.382. The van der Waals surface area contributed by atoms with Gasteiger partial charge in [0.1, 0.15) is 17.3 Å². The highest BCUT2D eigenvalue weighted by molar-refractivity contribution is 7.80. The Balaban J connectivity index is 2.46. The minimum atomic E-state index is 0.237. The van der Waals surface area contributed by atoms with Gasteiger partial charge < -0.3 is 10.5 Å². The van der Waals surface area contributed by atoms with Crippen molar-refractivity contribution in [3.05, 3.63) is 41.4 Å². The summed E-state index contributed by atoms with van der Waals surface area (Å²) < 4.78 is 5.51. The van der Waals surface area contributed by atoms with E-state index >= 15 is 0 Å². The first-order chi connectivity index (χ1) is 7.68. The largest absolute Gasteiger partial charge is 0.486 e. The van der Waals surface area contributed by atoms with E-state index in [-0.39, 0.29) is 6.61 Å². The Hall–Kier alpha value is -1.32. The summed E-state index contributed by atoms with van der Waals surface area (Å²) in [7, 11) is 0. The monoisotopic (exact) mass is 251 g/mol. The Morgan fingerprint density at radius 3 is 2.56 bits per heavy atom. The van der Waals surface area contributed by atoms with Gasteiger partial charge in [-0.25, -0.2) is 0 Å². The van der Waals surface area contributed by atoms with Crippen LogP contribution in [0, 0.1) is 0 Å². The van der Waals surface area contributed by atoms with E-state index in [1.54, 1.807) is 6.07 Å². The second-order valence-corrected chi connectivity index (χ2v) is 4.28. The third kappa shape index (κ3) is 2.26. The maximum atomic E-state index is 6.09. The van der Waals surface area contributed by atoms with Crippen LogP contribution in [0.1, 0.15) is 0 Å². The van der Waals surface area contributed by atoms with Gasteiger partial charge in [-0.15, -0.1) is 0 Å². The first-order valence-electron chi connectivity index (χ1n) is 4.77. The molecule has 0 aromatic heterocycles. The molecule has 0 saturated heterocycles. The van der Waals surface area contributed by atoms with Crippen LogP contribution < -0.4 is 10.5 Å². The van der Waals surface area contributed by atoms with Gasteiger partial charge in [0.05, 0.1) is 0 Å². The topological polar surface area (TPSA) is 35.2 Å². The Bertz CT molecular complexity index is 542. The molecule has 2 N–H and O–H groups in total. The third-order valence-corrected chi connectivity index (χ3v) is 2.65. The molecule has 4 heteroatoms. The average molecular weight is 252 g/mol. The summed E-state index contributed by atoms with van der Waals surface area (Å²) in [4.78, 5) is 0.332. The molecule has 2 aromatic rings. The molecule has 0 unspecified atom stereocenters. The summed E-state index contributed by atoms with van der Waals surface area (Å²) in [6.45, 7) is 0.237. The van der Waals surface area contributed by atoms with Crippen LogP contribution in [0.5, 0.6) is 5.75 Å². The van der Waals surface area contributed by atoms with Gasteiger partial charge in [-0.1, -0.05) is 48.1 Å². The van der Waals surface area contributed by atoms with Gasteiger partial charge in [0.2, 0.25) is 0 Å². The van der Waals surface area contributed by atoms with E-state index in [1.165, 1.54) is 0 Å². The lowest BCUT2D eigenvalue weighted by Crippen LogP contribution is -2.17. The lowest BCUT2D eigenvalue weighted by atomic mass is 10.1. The van der Waals surface area contributed by atoms with E-state index in [9.17, 15) is 0 Å². The number of rotatable bonds is 3. The van der Waals surface area contributed by atoms with Gasteiger partial charge in [-0.3, -0.25) is 0 Å². The minimum absolute atomic E-state index is 0.237. The summed E-state index contributed by atoms with van der Waals surface area (Å²) >= 11 is 10.9. The summed E-state index contributed by atoms with van der Waals surface area (Å²) in [5.41, 5.74) is 5.39. The fraction of sp³-hybridized carbons (Fsp3) is 0.0833. The van der Waals surface area contributed by atoms with Gasteiger partial charge in [-0.05, 0) is 12.1 Å². The second kappa shape index (κ2) is 4.68. The summed E-state index contributed by atoms with van der Waals surface area (Å²) in [6, 6.07) is 11.4. The fourth-order valence-electron chi connectivity index (χ4n) is 1.51. The minimum Gasteiger partial charge on any atom is -0.486 e. The highest BCUT2D eigenvalue weighted by Gasteiger charge is 2.05. The van der Waals surface area contributed by atoms with Crippen LogP contribution in [0.4, 0.5) is 0 Å². The second-order valence-electron chi connectivity index (χ2n) is 3.35. The van der Waals surface area contributed by atoms with Crippen molar-refractivity contribution in [3.8, 4) is 5.75 Å². The van der Waals surface area contributed by atoms with Crippen LogP contribution in [-0.4, -0.2) is 11.6 Å². The van der Waals surface area contributed by atoms with Crippen molar-refractivity contribution in [2.45, 2.75) is 0 Å². The molecule has 0 radical (unpaired) electrons. The molecule has 0 heterocycles. The molecule has 0 amide bonds. The zero-order valence-corrected chi connectivity index (χ0v) is 10.0. The van der Waals surface area contributed by atoms with Crippen molar-refractivity contribution in [2.75, 3.05) is 6.61 Å². The number of fused-ring (bicyclic) bond motifs is 1. The van der Waals surface area contributed by atoms with Gasteiger partial charge in [0.25, 0.3) is 0 Å². The Morgan fingerprint density at radius 2 is 1.88 bits per heavy atom. The summed E-state index contributed by atoms with van der Waals surface area (Å²) in [6.07, 6.45) is 0. The normalized spacial score (nSPS) is 10.3. The maximum Gasteiger partial charge on any atom is 0.138 e. The van der Waals surface area contributed by atoms with Crippen molar-refractivity contribution >= 4 is 39.6 Å². The Kier molecular flexibility index (Phi) is 3.27. The Labute approximate surface area is 104 Å². The number of halogens is 1. The molecule has 2 rings (SSSR count). The number of hydrogen-bond donors (Lipinski definition) is 1. The highest BCUT2D eigenvalue weighted by atomic mass is 35.5. The third-order valence-electron chi connectivity index (χ3n) is 2.20. The van der Waals surface area contributed by atoms with Crippen LogP contribution in [0.2, 0.25) is 5.02 Å². The van der Waals surface area contributed by atoms with Gasteiger partial charge in [0.15, 0.2) is 0 Å². The smallest absolute Gasteiger partial charge is 0.138 e. The number of hydrogen-bond acceptors (Lipinski definition) is 2. The van der Waals surface area contributed by atoms with E-state index in [2.05, 4.69) is 0 Å². The van der Waals surface area contributed by atoms with Crippen LogP contribution in [0.3, 0.4) is 0 Å². The first kappa shape index (κ1) is 11.2. The molecule has 0 saturated carbocycles. The predicted molar refractivity (Wildman–Crippen MR) is 71.2 cm³/mol. The number of nitrogens with two attached hydrogens (primary N) is 1. The lowest BCUT2D eigenvalue weighted by Gasteiger charge is -2.09. The number of thiocarbonyl (C=S) groups is 1. The van der Waals surface area contributed by atoms with Crippen LogP contribution in [0.25, 0.3) is 10.8 Å². The van der Waals surface area contributed by atoms with Crippen molar-refractivity contribution < 1.29 is 4.74 Å². The van der Waals surface area contributed by atoms with Gasteiger partial charge in [0, 0.05) is 15.8 Å². The van der Waals surface area contributed by atoms with Gasteiger partial charge >= 0.3 is 0 Å². The molecule has 2 aromatic carbocycles. The molecule has 0 aliphatic rings. The fourth-order valence-corrected chi connectivity index (χ4v) is 1.80. The van der Waals surface area contributed by atoms with Crippen molar-refractivity contribution in [1.29, 1.82) is 0 Å². The van der Waals surface area contributed by atoms with Crippen molar-refractivity contribution in [3.63, 3.8) is 0 Å². The standard InChI is InChI=1S/C12H10ClNOS/c13-10-5-6-11(15-7-12(14)16)9-4-2-1-3-8(9)10/h1-6H,7H2,(H2,14,16). The molecule has 2 nitrogen and oxygen atoms in total. The molecule has 0 spiro atoms. The molecular weight excluding hydrogens is 242 g/mol. The molecule has 0 atom stereocenters. The highest BCUT2D eigenvalue weighted by Crippen LogP contribution is 2.31. The molecule has 0 bridgehead atoms. The zero-order chi connectivity index (χ0) is 11.5. The molecular formula is C12H10ClNOS. The first-order valence-corrected chi connectivity index (χ1v) is 5.55. The van der Waals surface area contributed by atoms with E-state index in [1.807, 2.05) is 30.3 Å². The van der Waals surface area contributed by atoms with Crippen LogP contribution >= 0.6 is 23.8 Å². The average Bonchev–Trinajstić information content (AvgIpc) is 2.28. The quantitative estimate of drug-likeness (QED) is 0.852. The van der Waals surface area contributed by atoms with Crippen molar-refractivity contribution in [2.24, 2.45) is 5.73 Å². The summed E-state index contributed by atoms with van der Waals surface area (Å²) in [5, 5.41) is 2.63. The predicted octanol–water partition coefficient (Wildman–Crippen LogP) is 3.16.